The molecule has 4 atom stereocenters. The molecule has 3 aromatic rings. The van der Waals surface area contributed by atoms with Gasteiger partial charge in [-0.2, -0.15) is 0 Å². The van der Waals surface area contributed by atoms with Crippen molar-refractivity contribution in [2.45, 2.75) is 64.7 Å². The zero-order valence-electron chi connectivity index (χ0n) is 26.3. The lowest BCUT2D eigenvalue weighted by atomic mass is 9.86. The Morgan fingerprint density at radius 1 is 1.13 bits per heavy atom. The van der Waals surface area contributed by atoms with Gasteiger partial charge in [-0.15, -0.1) is 0 Å². The fourth-order valence-electron chi connectivity index (χ4n) is 5.10. The number of amides is 1. The standard InChI is InChI=1S/C33H36F2N2O10/c1-18(2)31(39)45-17-44-29-25(42-4)12-13-36-27(29)30(38)37-24-8-5-7-21(15-20-10-11-22(34)16-23(20)35)28(19(3)46-32(24)40)47-33(41)26-9-6-14-43-26/h6,9-14,16,18-19,21,24,28H,5,7-8,15,17H2,1-4H3,(H,37,38)/t19-,21+,24-,28-/m0/s1. The molecule has 0 aliphatic carbocycles. The zero-order chi connectivity index (χ0) is 34.1. The van der Waals surface area contributed by atoms with E-state index >= 15 is 0 Å². The Labute approximate surface area is 269 Å². The van der Waals surface area contributed by atoms with E-state index in [1.54, 1.807) is 13.8 Å². The van der Waals surface area contributed by atoms with Crippen LogP contribution in [-0.2, 0) is 30.2 Å². The van der Waals surface area contributed by atoms with E-state index in [1.165, 1.54) is 50.8 Å². The molecular weight excluding hydrogens is 622 g/mol. The number of halogens is 2. The number of nitrogens with one attached hydrogen (secondary N) is 1. The number of aromatic nitrogens is 1. The highest BCUT2D eigenvalue weighted by Crippen LogP contribution is 2.31. The summed E-state index contributed by atoms with van der Waals surface area (Å²) in [5.41, 5.74) is -0.0469. The van der Waals surface area contributed by atoms with Crippen molar-refractivity contribution in [3.05, 3.63) is 77.5 Å². The Balaban J connectivity index is 1.55. The second-order valence-corrected chi connectivity index (χ2v) is 11.2. The molecule has 12 nitrogen and oxygen atoms in total. The number of benzene rings is 1. The Morgan fingerprint density at radius 3 is 2.60 bits per heavy atom. The van der Waals surface area contributed by atoms with Crippen LogP contribution in [0.3, 0.4) is 0 Å². The molecule has 3 heterocycles. The van der Waals surface area contributed by atoms with Crippen molar-refractivity contribution in [3.63, 3.8) is 0 Å². The van der Waals surface area contributed by atoms with Crippen LogP contribution in [0.5, 0.6) is 11.5 Å². The number of furan rings is 1. The van der Waals surface area contributed by atoms with E-state index in [1.807, 2.05) is 0 Å². The molecule has 4 rings (SSSR count). The first-order chi connectivity index (χ1) is 22.5. The number of pyridine rings is 1. The minimum atomic E-state index is -1.16. The molecule has 0 unspecified atom stereocenters. The lowest BCUT2D eigenvalue weighted by Gasteiger charge is -2.30. The third kappa shape index (κ3) is 9.05. The molecule has 14 heteroatoms. The van der Waals surface area contributed by atoms with E-state index in [2.05, 4.69) is 10.3 Å². The minimum absolute atomic E-state index is 0.0386. The zero-order valence-corrected chi connectivity index (χ0v) is 26.3. The van der Waals surface area contributed by atoms with Crippen molar-refractivity contribution >= 4 is 23.8 Å². The number of esters is 3. The van der Waals surface area contributed by atoms with E-state index in [0.29, 0.717) is 12.8 Å². The van der Waals surface area contributed by atoms with Crippen LogP contribution in [0.15, 0.2) is 53.3 Å². The summed E-state index contributed by atoms with van der Waals surface area (Å²) in [5.74, 6) is -5.48. The van der Waals surface area contributed by atoms with Crippen molar-refractivity contribution < 1.29 is 56.1 Å². The van der Waals surface area contributed by atoms with E-state index < -0.39 is 72.3 Å². The Kier molecular flexibility index (Phi) is 11.9. The van der Waals surface area contributed by atoms with Crippen molar-refractivity contribution in [1.29, 1.82) is 0 Å². The largest absolute Gasteiger partial charge is 0.493 e. The maximum atomic E-state index is 14.7. The highest BCUT2D eigenvalue weighted by atomic mass is 19.1. The molecule has 1 amide bonds. The van der Waals surface area contributed by atoms with Gasteiger partial charge >= 0.3 is 17.9 Å². The number of methoxy groups -OCH3 is 1. The molecule has 0 bridgehead atoms. The smallest absolute Gasteiger partial charge is 0.374 e. The lowest BCUT2D eigenvalue weighted by molar-refractivity contribution is -0.158. The van der Waals surface area contributed by atoms with E-state index in [4.69, 9.17) is 28.1 Å². The van der Waals surface area contributed by atoms with E-state index in [9.17, 15) is 28.0 Å². The van der Waals surface area contributed by atoms with Gasteiger partial charge in [0.15, 0.2) is 17.2 Å². The van der Waals surface area contributed by atoms with Crippen LogP contribution in [0.1, 0.15) is 66.6 Å². The average molecular weight is 659 g/mol. The van der Waals surface area contributed by atoms with Gasteiger partial charge in [-0.3, -0.25) is 9.59 Å². The molecule has 1 aromatic carbocycles. The van der Waals surface area contributed by atoms with Crippen LogP contribution in [0.2, 0.25) is 0 Å². The van der Waals surface area contributed by atoms with Crippen LogP contribution < -0.4 is 14.8 Å². The number of cyclic esters (lactones) is 1. The van der Waals surface area contributed by atoms with Crippen LogP contribution >= 0.6 is 0 Å². The van der Waals surface area contributed by atoms with Crippen molar-refractivity contribution in [3.8, 4) is 11.5 Å². The van der Waals surface area contributed by atoms with Gasteiger partial charge < -0.3 is 33.4 Å². The first-order valence-corrected chi connectivity index (χ1v) is 15.0. The highest BCUT2D eigenvalue weighted by Gasteiger charge is 2.38. The molecule has 47 heavy (non-hydrogen) atoms. The monoisotopic (exact) mass is 658 g/mol. The molecule has 252 valence electrons. The summed E-state index contributed by atoms with van der Waals surface area (Å²) in [6, 6.07) is 6.41. The summed E-state index contributed by atoms with van der Waals surface area (Å²) in [4.78, 5) is 55.7. The summed E-state index contributed by atoms with van der Waals surface area (Å²) in [5, 5.41) is 2.62. The van der Waals surface area contributed by atoms with Crippen molar-refractivity contribution in [1.82, 2.24) is 10.3 Å². The fraction of sp³-hybridized carbons (Fsp3) is 0.424. The van der Waals surface area contributed by atoms with Crippen LogP contribution in [-0.4, -0.2) is 61.0 Å². The Morgan fingerprint density at radius 2 is 1.91 bits per heavy atom. The third-order valence-corrected chi connectivity index (χ3v) is 7.53. The Bertz CT molecular complexity index is 1560. The number of nitrogens with zero attached hydrogens (tertiary/aromatic N) is 1. The van der Waals surface area contributed by atoms with Gasteiger partial charge in [0.25, 0.3) is 5.91 Å². The summed E-state index contributed by atoms with van der Waals surface area (Å²) >= 11 is 0. The molecule has 1 fully saturated rings. The summed E-state index contributed by atoms with van der Waals surface area (Å²) in [6.45, 7) is 4.30. The minimum Gasteiger partial charge on any atom is -0.493 e. The summed E-state index contributed by atoms with van der Waals surface area (Å²) in [7, 11) is 1.35. The number of carbonyl (C=O) groups excluding carboxylic acids is 4. The first-order valence-electron chi connectivity index (χ1n) is 15.0. The SMILES string of the molecule is COc1ccnc(C(=O)N[C@H]2CCC[C@H](Cc3ccc(F)cc3F)[C@@H](OC(=O)c3ccco3)[C@H](C)OC2=O)c1OCOC(=O)C(C)C. The van der Waals surface area contributed by atoms with Gasteiger partial charge in [0.2, 0.25) is 12.6 Å². The topological polar surface area (TPSA) is 152 Å². The summed E-state index contributed by atoms with van der Waals surface area (Å²) < 4.78 is 60.8. The number of rotatable bonds is 11. The molecule has 1 saturated heterocycles. The first kappa shape index (κ1) is 34.9. The maximum absolute atomic E-state index is 14.7. The van der Waals surface area contributed by atoms with E-state index in [0.717, 1.165) is 12.1 Å². The molecule has 1 aliphatic rings. The number of ether oxygens (including phenoxy) is 5. The predicted molar refractivity (Wildman–Crippen MR) is 159 cm³/mol. The van der Waals surface area contributed by atoms with Crippen molar-refractivity contribution in [2.24, 2.45) is 11.8 Å². The number of carbonyl (C=O) groups is 4. The quantitative estimate of drug-likeness (QED) is 0.172. The molecule has 1 aliphatic heterocycles. The molecule has 0 radical (unpaired) electrons. The van der Waals surface area contributed by atoms with Gasteiger partial charge in [0.1, 0.15) is 29.9 Å². The molecule has 0 spiro atoms. The second-order valence-electron chi connectivity index (χ2n) is 11.2. The van der Waals surface area contributed by atoms with Crippen LogP contribution in [0, 0.1) is 23.5 Å². The van der Waals surface area contributed by atoms with Crippen LogP contribution in [0.4, 0.5) is 8.78 Å². The van der Waals surface area contributed by atoms with Gasteiger partial charge in [-0.25, -0.2) is 23.4 Å². The van der Waals surface area contributed by atoms with E-state index in [-0.39, 0.29) is 41.4 Å². The van der Waals surface area contributed by atoms with Gasteiger partial charge in [0, 0.05) is 24.2 Å². The lowest BCUT2D eigenvalue weighted by Crippen LogP contribution is -2.45. The summed E-state index contributed by atoms with van der Waals surface area (Å²) in [6.07, 6.45) is 1.28. The van der Waals surface area contributed by atoms with Gasteiger partial charge in [-0.1, -0.05) is 26.3 Å². The van der Waals surface area contributed by atoms with Gasteiger partial charge in [0.05, 0.1) is 19.3 Å². The third-order valence-electron chi connectivity index (χ3n) is 7.53. The number of hydrogen-bond acceptors (Lipinski definition) is 11. The molecule has 2 aromatic heterocycles. The maximum Gasteiger partial charge on any atom is 0.374 e. The van der Waals surface area contributed by atoms with Gasteiger partial charge in [-0.05, 0) is 49.9 Å². The highest BCUT2D eigenvalue weighted by molar-refractivity contribution is 5.98. The number of hydrogen-bond donors (Lipinski definition) is 1. The molecule has 1 N–H and O–H groups in total. The fourth-order valence-corrected chi connectivity index (χ4v) is 5.10. The molecular formula is C33H36F2N2O10. The predicted octanol–water partition coefficient (Wildman–Crippen LogP) is 4.80. The second kappa shape index (κ2) is 16.0. The van der Waals surface area contributed by atoms with Crippen molar-refractivity contribution in [2.75, 3.05) is 13.9 Å². The normalized spacial score (nSPS) is 19.9. The Hall–Kier alpha value is -5.01. The van der Waals surface area contributed by atoms with Crippen LogP contribution in [0.25, 0.3) is 0 Å². The average Bonchev–Trinajstić information content (AvgIpc) is 3.59. The molecule has 0 saturated carbocycles.